The number of rotatable bonds is 7. The van der Waals surface area contributed by atoms with Crippen LogP contribution in [0.25, 0.3) is 0 Å². The van der Waals surface area contributed by atoms with E-state index in [1.807, 2.05) is 12.5 Å². The summed E-state index contributed by atoms with van der Waals surface area (Å²) in [6, 6.07) is 9.25. The van der Waals surface area contributed by atoms with Crippen LogP contribution < -0.4 is 0 Å². The molecular weight excluding hydrogens is 320 g/mol. The van der Waals surface area contributed by atoms with Gasteiger partial charge in [0.1, 0.15) is 0 Å². The molecule has 23 heavy (non-hydrogen) atoms. The van der Waals surface area contributed by atoms with Gasteiger partial charge in [-0.05, 0) is 36.8 Å². The first-order valence-corrected chi connectivity index (χ1v) is 10.4. The predicted octanol–water partition coefficient (Wildman–Crippen LogP) is 5.03. The highest BCUT2D eigenvalue weighted by Crippen LogP contribution is 2.53. The number of thioether (sulfide) groups is 2. The second-order valence-electron chi connectivity index (χ2n) is 6.27. The molecule has 1 aromatic heterocycles. The minimum Gasteiger partial charge on any atom is -0.337 e. The Balaban J connectivity index is 1.71. The van der Waals surface area contributed by atoms with E-state index in [1.54, 1.807) is 0 Å². The quantitative estimate of drug-likeness (QED) is 0.700. The summed E-state index contributed by atoms with van der Waals surface area (Å²) in [5.41, 5.74) is 2.91. The van der Waals surface area contributed by atoms with Crippen molar-refractivity contribution in [2.75, 3.05) is 5.75 Å². The molecule has 4 heteroatoms. The maximum absolute atomic E-state index is 4.17. The summed E-state index contributed by atoms with van der Waals surface area (Å²) in [4.78, 5) is 4.17. The van der Waals surface area contributed by atoms with Gasteiger partial charge in [0, 0.05) is 29.9 Å². The zero-order valence-electron chi connectivity index (χ0n) is 14.1. The molecule has 0 bridgehead atoms. The standard InChI is InChI=1S/C19H26N2S2/c1-3-16-5-7-17(8-6-16)13-19(22-14-18(4-2)23-19)9-11-21-12-10-20-15-21/h5-8,10,12,15,18H,3-4,9,11,13-14H2,1-2H3. The summed E-state index contributed by atoms with van der Waals surface area (Å²) in [7, 11) is 0. The molecule has 1 aromatic carbocycles. The summed E-state index contributed by atoms with van der Waals surface area (Å²) in [5.74, 6) is 1.29. The lowest BCUT2D eigenvalue weighted by molar-refractivity contribution is 0.597. The lowest BCUT2D eigenvalue weighted by Gasteiger charge is -2.28. The molecule has 1 fully saturated rings. The van der Waals surface area contributed by atoms with Crippen molar-refractivity contribution in [3.05, 3.63) is 54.1 Å². The average molecular weight is 347 g/mol. The van der Waals surface area contributed by atoms with Crippen LogP contribution in [-0.2, 0) is 19.4 Å². The van der Waals surface area contributed by atoms with Crippen LogP contribution in [0.2, 0.25) is 0 Å². The first kappa shape index (κ1) is 17.0. The minimum atomic E-state index is 0.318. The van der Waals surface area contributed by atoms with Crippen molar-refractivity contribution in [2.24, 2.45) is 0 Å². The van der Waals surface area contributed by atoms with E-state index in [1.165, 1.54) is 29.7 Å². The molecule has 2 aromatic rings. The Morgan fingerprint density at radius 1 is 1.22 bits per heavy atom. The molecule has 0 saturated carbocycles. The van der Waals surface area contributed by atoms with Crippen molar-refractivity contribution in [1.82, 2.24) is 9.55 Å². The van der Waals surface area contributed by atoms with Crippen LogP contribution in [-0.4, -0.2) is 24.6 Å². The number of hydrogen-bond donors (Lipinski definition) is 0. The van der Waals surface area contributed by atoms with E-state index in [2.05, 4.69) is 77.4 Å². The highest BCUT2D eigenvalue weighted by Gasteiger charge is 2.39. The predicted molar refractivity (Wildman–Crippen MR) is 103 cm³/mol. The molecule has 0 radical (unpaired) electrons. The van der Waals surface area contributed by atoms with Crippen LogP contribution in [0.3, 0.4) is 0 Å². The van der Waals surface area contributed by atoms with Crippen LogP contribution >= 0.6 is 23.5 Å². The molecule has 2 atom stereocenters. The SMILES string of the molecule is CCc1ccc(CC2(CCn3ccnc3)SCC(CC)S2)cc1. The van der Waals surface area contributed by atoms with E-state index in [0.29, 0.717) is 4.08 Å². The zero-order valence-corrected chi connectivity index (χ0v) is 15.7. The third kappa shape index (κ3) is 4.36. The monoisotopic (exact) mass is 346 g/mol. The molecule has 0 aliphatic carbocycles. The number of benzene rings is 1. The number of aryl methyl sites for hydroxylation is 2. The molecule has 124 valence electrons. The Morgan fingerprint density at radius 2 is 2.00 bits per heavy atom. The van der Waals surface area contributed by atoms with Crippen molar-refractivity contribution in [2.45, 2.75) is 55.4 Å². The fourth-order valence-corrected chi connectivity index (χ4v) is 6.88. The maximum atomic E-state index is 4.17. The van der Waals surface area contributed by atoms with Gasteiger partial charge in [-0.2, -0.15) is 0 Å². The van der Waals surface area contributed by atoms with E-state index in [0.717, 1.165) is 24.6 Å². The second-order valence-corrected chi connectivity index (χ2v) is 9.61. The first-order chi connectivity index (χ1) is 11.2. The van der Waals surface area contributed by atoms with Crippen molar-refractivity contribution in [3.63, 3.8) is 0 Å². The van der Waals surface area contributed by atoms with Crippen LogP contribution in [0.1, 0.15) is 37.8 Å². The molecule has 1 aliphatic rings. The van der Waals surface area contributed by atoms with E-state index in [9.17, 15) is 0 Å². The van der Waals surface area contributed by atoms with Gasteiger partial charge in [-0.3, -0.25) is 0 Å². The summed E-state index contributed by atoms with van der Waals surface area (Å²) < 4.78 is 2.53. The van der Waals surface area contributed by atoms with Gasteiger partial charge in [-0.25, -0.2) is 4.98 Å². The molecular formula is C19H26N2S2. The van der Waals surface area contributed by atoms with Gasteiger partial charge < -0.3 is 4.57 Å². The molecule has 1 aliphatic heterocycles. The Morgan fingerprint density at radius 3 is 2.61 bits per heavy atom. The summed E-state index contributed by atoms with van der Waals surface area (Å²) >= 11 is 4.39. The molecule has 2 nitrogen and oxygen atoms in total. The van der Waals surface area contributed by atoms with Gasteiger partial charge in [0.2, 0.25) is 0 Å². The van der Waals surface area contributed by atoms with Gasteiger partial charge in [-0.15, -0.1) is 23.5 Å². The van der Waals surface area contributed by atoms with Gasteiger partial charge in [0.25, 0.3) is 0 Å². The van der Waals surface area contributed by atoms with E-state index in [-0.39, 0.29) is 0 Å². The lowest BCUT2D eigenvalue weighted by Crippen LogP contribution is -2.23. The molecule has 2 heterocycles. The second kappa shape index (κ2) is 7.80. The molecule has 0 spiro atoms. The normalized spacial score (nSPS) is 24.2. The molecule has 2 unspecified atom stereocenters. The number of imidazole rings is 1. The van der Waals surface area contributed by atoms with Crippen molar-refractivity contribution >= 4 is 23.5 Å². The summed E-state index contributed by atoms with van der Waals surface area (Å²) in [6.45, 7) is 5.60. The van der Waals surface area contributed by atoms with Crippen molar-refractivity contribution in [3.8, 4) is 0 Å². The van der Waals surface area contributed by atoms with Crippen LogP contribution in [0.15, 0.2) is 43.0 Å². The largest absolute Gasteiger partial charge is 0.337 e. The van der Waals surface area contributed by atoms with Gasteiger partial charge >= 0.3 is 0 Å². The Kier molecular flexibility index (Phi) is 5.76. The van der Waals surface area contributed by atoms with E-state index >= 15 is 0 Å². The molecule has 3 rings (SSSR count). The topological polar surface area (TPSA) is 17.8 Å². The summed E-state index contributed by atoms with van der Waals surface area (Å²) in [6.07, 6.45) is 10.6. The fourth-order valence-electron chi connectivity index (χ4n) is 3.05. The van der Waals surface area contributed by atoms with Crippen LogP contribution in [0.5, 0.6) is 0 Å². The Bertz CT molecular complexity index is 594. The van der Waals surface area contributed by atoms with Gasteiger partial charge in [-0.1, -0.05) is 38.1 Å². The molecule has 0 amide bonds. The van der Waals surface area contributed by atoms with E-state index < -0.39 is 0 Å². The highest BCUT2D eigenvalue weighted by molar-refractivity contribution is 8.21. The highest BCUT2D eigenvalue weighted by atomic mass is 32.2. The Hall–Kier alpha value is -0.870. The van der Waals surface area contributed by atoms with Crippen LogP contribution in [0, 0.1) is 0 Å². The number of hydrogen-bond acceptors (Lipinski definition) is 3. The molecule has 1 saturated heterocycles. The van der Waals surface area contributed by atoms with E-state index in [4.69, 9.17) is 0 Å². The molecule has 0 N–H and O–H groups in total. The zero-order chi connectivity index (χ0) is 16.1. The van der Waals surface area contributed by atoms with Crippen molar-refractivity contribution in [1.29, 1.82) is 0 Å². The minimum absolute atomic E-state index is 0.318. The lowest BCUT2D eigenvalue weighted by atomic mass is 10.0. The number of nitrogens with zero attached hydrogens (tertiary/aromatic N) is 2. The van der Waals surface area contributed by atoms with Gasteiger partial charge in [0.15, 0.2) is 0 Å². The smallest absolute Gasteiger partial charge is 0.0945 e. The maximum Gasteiger partial charge on any atom is 0.0945 e. The van der Waals surface area contributed by atoms with Gasteiger partial charge in [0.05, 0.1) is 10.4 Å². The Labute approximate surface area is 148 Å². The first-order valence-electron chi connectivity index (χ1n) is 8.58. The van der Waals surface area contributed by atoms with Crippen molar-refractivity contribution < 1.29 is 0 Å². The average Bonchev–Trinajstić information content (AvgIpc) is 3.24. The summed E-state index contributed by atoms with van der Waals surface area (Å²) in [5, 5.41) is 0.803. The third-order valence-corrected chi connectivity index (χ3v) is 8.49. The fraction of sp³-hybridized carbons (Fsp3) is 0.526. The number of aromatic nitrogens is 2. The van der Waals surface area contributed by atoms with Crippen LogP contribution in [0.4, 0.5) is 0 Å². The third-order valence-electron chi connectivity index (χ3n) is 4.58.